The number of carbonyl (C=O) groups excluding carboxylic acids is 1. The molecule has 0 saturated carbocycles. The van der Waals surface area contributed by atoms with E-state index >= 15 is 0 Å². The maximum absolute atomic E-state index is 12.0. The van der Waals surface area contributed by atoms with E-state index in [1.54, 1.807) is 26.4 Å². The zero-order valence-electron chi connectivity index (χ0n) is 16.0. The molecule has 26 heavy (non-hydrogen) atoms. The lowest BCUT2D eigenvalue weighted by Gasteiger charge is -2.19. The van der Waals surface area contributed by atoms with Crippen LogP contribution < -0.4 is 9.47 Å². The van der Waals surface area contributed by atoms with Crippen LogP contribution in [0, 0.1) is 0 Å². The summed E-state index contributed by atoms with van der Waals surface area (Å²) in [5.41, 5.74) is 3.09. The van der Waals surface area contributed by atoms with Crippen LogP contribution in [0.3, 0.4) is 0 Å². The molecule has 0 heterocycles. The monoisotopic (exact) mass is 354 g/mol. The second-order valence-electron chi connectivity index (χ2n) is 7.00. The average molecular weight is 354 g/mol. The van der Waals surface area contributed by atoms with Gasteiger partial charge in [-0.25, -0.2) is 4.79 Å². The lowest BCUT2D eigenvalue weighted by Crippen LogP contribution is -2.10. The molecule has 4 nitrogen and oxygen atoms in total. The summed E-state index contributed by atoms with van der Waals surface area (Å²) in [5, 5.41) is 0. The summed E-state index contributed by atoms with van der Waals surface area (Å²) in [6, 6.07) is 13.5. The minimum Gasteiger partial charge on any atom is -0.497 e. The Bertz CT molecular complexity index is 768. The molecule has 0 aliphatic heterocycles. The summed E-state index contributed by atoms with van der Waals surface area (Å²) in [6.07, 6.45) is 3.07. The SMILES string of the molecule is COc1ccc(/C=C/C(=O)OCc2ccc(C(C)(C)C)cc2)c(OC)c1. The lowest BCUT2D eigenvalue weighted by molar-refractivity contribution is -0.138. The highest BCUT2D eigenvalue weighted by Crippen LogP contribution is 2.25. The molecule has 2 aromatic carbocycles. The number of esters is 1. The van der Waals surface area contributed by atoms with Crippen molar-refractivity contribution in [3.8, 4) is 11.5 Å². The smallest absolute Gasteiger partial charge is 0.331 e. The van der Waals surface area contributed by atoms with E-state index in [0.29, 0.717) is 11.5 Å². The molecule has 0 spiro atoms. The topological polar surface area (TPSA) is 44.8 Å². The largest absolute Gasteiger partial charge is 0.497 e. The average Bonchev–Trinajstić information content (AvgIpc) is 2.64. The van der Waals surface area contributed by atoms with Gasteiger partial charge in [-0.1, -0.05) is 45.0 Å². The summed E-state index contributed by atoms with van der Waals surface area (Å²) < 4.78 is 15.8. The molecule has 0 amide bonds. The first-order chi connectivity index (χ1) is 12.3. The van der Waals surface area contributed by atoms with Crippen LogP contribution in [0.1, 0.15) is 37.5 Å². The molecular weight excluding hydrogens is 328 g/mol. The molecule has 0 bridgehead atoms. The molecule has 2 aromatic rings. The van der Waals surface area contributed by atoms with Gasteiger partial charge in [0.1, 0.15) is 18.1 Å². The van der Waals surface area contributed by atoms with Crippen LogP contribution in [0.2, 0.25) is 0 Å². The van der Waals surface area contributed by atoms with Gasteiger partial charge in [0.15, 0.2) is 0 Å². The fourth-order valence-electron chi connectivity index (χ4n) is 2.42. The van der Waals surface area contributed by atoms with E-state index in [4.69, 9.17) is 14.2 Å². The van der Waals surface area contributed by atoms with Gasteiger partial charge in [-0.05, 0) is 34.8 Å². The molecule has 0 fully saturated rings. The highest BCUT2D eigenvalue weighted by molar-refractivity contribution is 5.87. The Morgan fingerprint density at radius 2 is 1.69 bits per heavy atom. The first kappa shape index (κ1) is 19.6. The Hall–Kier alpha value is -2.75. The Balaban J connectivity index is 1.95. The zero-order chi connectivity index (χ0) is 19.2. The molecule has 0 radical (unpaired) electrons. The van der Waals surface area contributed by atoms with Gasteiger partial charge in [-0.15, -0.1) is 0 Å². The number of benzene rings is 2. The Morgan fingerprint density at radius 3 is 2.27 bits per heavy atom. The zero-order valence-corrected chi connectivity index (χ0v) is 16.0. The number of methoxy groups -OCH3 is 2. The van der Waals surface area contributed by atoms with Gasteiger partial charge < -0.3 is 14.2 Å². The van der Waals surface area contributed by atoms with E-state index in [0.717, 1.165) is 11.1 Å². The summed E-state index contributed by atoms with van der Waals surface area (Å²) in [5.74, 6) is 0.925. The van der Waals surface area contributed by atoms with Crippen LogP contribution in [0.5, 0.6) is 11.5 Å². The molecule has 0 aliphatic carbocycles. The molecule has 0 unspecified atom stereocenters. The summed E-state index contributed by atoms with van der Waals surface area (Å²) in [4.78, 5) is 12.0. The Morgan fingerprint density at radius 1 is 1.00 bits per heavy atom. The highest BCUT2D eigenvalue weighted by Gasteiger charge is 2.13. The van der Waals surface area contributed by atoms with Gasteiger partial charge in [0.05, 0.1) is 14.2 Å². The summed E-state index contributed by atoms with van der Waals surface area (Å²) in [7, 11) is 3.17. The molecular formula is C22H26O4. The van der Waals surface area contributed by atoms with Crippen molar-refractivity contribution >= 4 is 12.0 Å². The molecule has 4 heteroatoms. The molecule has 2 rings (SSSR count). The fraction of sp³-hybridized carbons (Fsp3) is 0.318. The van der Waals surface area contributed by atoms with Gasteiger partial charge in [-0.3, -0.25) is 0 Å². The molecule has 0 aromatic heterocycles. The van der Waals surface area contributed by atoms with E-state index < -0.39 is 5.97 Å². The first-order valence-electron chi connectivity index (χ1n) is 8.50. The minimum atomic E-state index is -0.400. The molecule has 138 valence electrons. The quantitative estimate of drug-likeness (QED) is 0.554. The normalized spacial score (nSPS) is 11.4. The Kier molecular flexibility index (Phi) is 6.45. The lowest BCUT2D eigenvalue weighted by atomic mass is 9.87. The third-order valence-electron chi connectivity index (χ3n) is 4.04. The van der Waals surface area contributed by atoms with Crippen molar-refractivity contribution in [3.05, 3.63) is 65.2 Å². The van der Waals surface area contributed by atoms with E-state index in [9.17, 15) is 4.79 Å². The summed E-state index contributed by atoms with van der Waals surface area (Å²) in [6.45, 7) is 6.74. The van der Waals surface area contributed by atoms with E-state index in [2.05, 4.69) is 32.9 Å². The predicted molar refractivity (Wildman–Crippen MR) is 104 cm³/mol. The van der Waals surface area contributed by atoms with Crippen molar-refractivity contribution in [2.75, 3.05) is 14.2 Å². The minimum absolute atomic E-state index is 0.107. The van der Waals surface area contributed by atoms with Gasteiger partial charge >= 0.3 is 5.97 Å². The second-order valence-corrected chi connectivity index (χ2v) is 7.00. The summed E-state index contributed by atoms with van der Waals surface area (Å²) >= 11 is 0. The van der Waals surface area contributed by atoms with Gasteiger partial charge in [0, 0.05) is 17.7 Å². The highest BCUT2D eigenvalue weighted by atomic mass is 16.5. The van der Waals surface area contributed by atoms with Crippen molar-refractivity contribution in [1.29, 1.82) is 0 Å². The fourth-order valence-corrected chi connectivity index (χ4v) is 2.42. The van der Waals surface area contributed by atoms with Gasteiger partial charge in [-0.2, -0.15) is 0 Å². The van der Waals surface area contributed by atoms with Crippen molar-refractivity contribution in [1.82, 2.24) is 0 Å². The standard InChI is InChI=1S/C22H26O4/c1-22(2,3)18-10-6-16(7-11-18)15-26-21(23)13-9-17-8-12-19(24-4)14-20(17)25-5/h6-14H,15H2,1-5H3/b13-9+. The number of rotatable bonds is 6. The van der Waals surface area contributed by atoms with Crippen molar-refractivity contribution in [3.63, 3.8) is 0 Å². The van der Waals surface area contributed by atoms with Gasteiger partial charge in [0.25, 0.3) is 0 Å². The van der Waals surface area contributed by atoms with Crippen molar-refractivity contribution in [2.24, 2.45) is 0 Å². The van der Waals surface area contributed by atoms with Crippen molar-refractivity contribution < 1.29 is 19.0 Å². The molecule has 0 aliphatic rings. The van der Waals surface area contributed by atoms with Crippen molar-refractivity contribution in [2.45, 2.75) is 32.8 Å². The van der Waals surface area contributed by atoms with E-state index in [1.807, 2.05) is 24.3 Å². The van der Waals surface area contributed by atoms with Crippen LogP contribution in [-0.4, -0.2) is 20.2 Å². The van der Waals surface area contributed by atoms with Crippen LogP contribution >= 0.6 is 0 Å². The van der Waals surface area contributed by atoms with Crippen LogP contribution in [0.15, 0.2) is 48.5 Å². The number of hydrogen-bond acceptors (Lipinski definition) is 4. The van der Waals surface area contributed by atoms with Crippen LogP contribution in [0.4, 0.5) is 0 Å². The maximum atomic E-state index is 12.0. The second kappa shape index (κ2) is 8.56. The van der Waals surface area contributed by atoms with E-state index in [1.165, 1.54) is 11.6 Å². The van der Waals surface area contributed by atoms with Crippen LogP contribution in [-0.2, 0) is 21.6 Å². The Labute approximate surface area is 155 Å². The maximum Gasteiger partial charge on any atom is 0.331 e. The number of carbonyl (C=O) groups is 1. The third kappa shape index (κ3) is 5.38. The molecule has 0 N–H and O–H groups in total. The van der Waals surface area contributed by atoms with Gasteiger partial charge in [0.2, 0.25) is 0 Å². The van der Waals surface area contributed by atoms with E-state index in [-0.39, 0.29) is 12.0 Å². The first-order valence-corrected chi connectivity index (χ1v) is 8.50. The third-order valence-corrected chi connectivity index (χ3v) is 4.04. The molecule has 0 atom stereocenters. The number of ether oxygens (including phenoxy) is 3. The number of hydrogen-bond donors (Lipinski definition) is 0. The van der Waals surface area contributed by atoms with Crippen LogP contribution in [0.25, 0.3) is 6.08 Å². The molecule has 0 saturated heterocycles. The predicted octanol–water partition coefficient (Wildman–Crippen LogP) is 4.76.